The number of aliphatic hydroxyl groups excluding tert-OH is 1. The van der Waals surface area contributed by atoms with Crippen molar-refractivity contribution in [2.75, 3.05) is 25.5 Å². The van der Waals surface area contributed by atoms with Gasteiger partial charge in [-0.2, -0.15) is 11.8 Å². The Morgan fingerprint density at radius 2 is 2.21 bits per heavy atom. The minimum atomic E-state index is -0.555. The number of hydrogen-bond acceptors (Lipinski definition) is 5. The van der Waals surface area contributed by atoms with Gasteiger partial charge in [-0.05, 0) is 38.6 Å². The van der Waals surface area contributed by atoms with Crippen LogP contribution in [0, 0.1) is 5.92 Å². The summed E-state index contributed by atoms with van der Waals surface area (Å²) in [5.41, 5.74) is -0.555. The monoisotopic (exact) mass is 289 g/mol. The summed E-state index contributed by atoms with van der Waals surface area (Å²) in [5.74, 6) is 0.943. The second-order valence-corrected chi connectivity index (χ2v) is 6.62. The minimum absolute atomic E-state index is 0.122. The van der Waals surface area contributed by atoms with Gasteiger partial charge in [-0.15, -0.1) is 0 Å². The number of thioether (sulfide) groups is 1. The van der Waals surface area contributed by atoms with E-state index >= 15 is 0 Å². The van der Waals surface area contributed by atoms with Crippen molar-refractivity contribution in [3.63, 3.8) is 0 Å². The average molecular weight is 289 g/mol. The number of hydrogen-bond donors (Lipinski definition) is 2. The molecular formula is C14H27NO3S. The first-order valence-corrected chi connectivity index (χ1v) is 8.30. The molecule has 1 rings (SSSR count). The van der Waals surface area contributed by atoms with Gasteiger partial charge in [0.2, 0.25) is 0 Å². The zero-order valence-electron chi connectivity index (χ0n) is 12.3. The molecule has 0 aromatic carbocycles. The summed E-state index contributed by atoms with van der Waals surface area (Å²) in [4.78, 5) is 12.4. The van der Waals surface area contributed by atoms with Crippen LogP contribution in [-0.4, -0.2) is 47.4 Å². The summed E-state index contributed by atoms with van der Waals surface area (Å²) >= 11 is 1.64. The molecule has 0 heterocycles. The topological polar surface area (TPSA) is 58.6 Å². The van der Waals surface area contributed by atoms with E-state index in [2.05, 4.69) is 12.2 Å². The molecule has 0 amide bonds. The molecule has 0 aliphatic heterocycles. The Labute approximate surface area is 120 Å². The van der Waals surface area contributed by atoms with Crippen LogP contribution in [0.2, 0.25) is 0 Å². The second kappa shape index (κ2) is 8.12. The molecule has 112 valence electrons. The first-order chi connectivity index (χ1) is 9.10. The fraction of sp³-hybridized carbons (Fsp3) is 0.929. The highest BCUT2D eigenvalue weighted by Crippen LogP contribution is 2.42. The van der Waals surface area contributed by atoms with Crippen molar-refractivity contribution < 1.29 is 14.6 Å². The minimum Gasteiger partial charge on any atom is -0.465 e. The first-order valence-electron chi connectivity index (χ1n) is 7.25. The molecule has 0 saturated heterocycles. The molecule has 19 heavy (non-hydrogen) atoms. The van der Waals surface area contributed by atoms with Crippen LogP contribution in [0.15, 0.2) is 0 Å². The quantitative estimate of drug-likeness (QED) is 0.601. The van der Waals surface area contributed by atoms with Gasteiger partial charge in [0.05, 0.1) is 13.2 Å². The molecule has 0 bridgehead atoms. The van der Waals surface area contributed by atoms with E-state index in [4.69, 9.17) is 9.84 Å². The van der Waals surface area contributed by atoms with Gasteiger partial charge in [0.25, 0.3) is 0 Å². The fourth-order valence-corrected chi connectivity index (χ4v) is 3.23. The maximum atomic E-state index is 12.4. The molecule has 0 spiro atoms. The zero-order valence-corrected chi connectivity index (χ0v) is 13.1. The summed E-state index contributed by atoms with van der Waals surface area (Å²) in [7, 11) is 0. The lowest BCUT2D eigenvalue weighted by Gasteiger charge is -2.33. The number of carbonyl (C=O) groups excluding carboxylic acids is 1. The maximum Gasteiger partial charge on any atom is 0.327 e. The highest BCUT2D eigenvalue weighted by molar-refractivity contribution is 8.00. The lowest BCUT2D eigenvalue weighted by atomic mass is 9.95. The lowest BCUT2D eigenvalue weighted by molar-refractivity contribution is -0.151. The number of esters is 1. The van der Waals surface area contributed by atoms with E-state index in [1.807, 2.05) is 13.8 Å². The van der Waals surface area contributed by atoms with E-state index in [-0.39, 0.29) is 17.8 Å². The predicted octanol–water partition coefficient (Wildman–Crippen LogP) is 1.81. The molecule has 1 saturated carbocycles. The van der Waals surface area contributed by atoms with Gasteiger partial charge >= 0.3 is 5.97 Å². The van der Waals surface area contributed by atoms with E-state index in [1.165, 1.54) is 0 Å². The molecule has 2 atom stereocenters. The number of rotatable bonds is 10. The number of ether oxygens (including phenoxy) is 1. The second-order valence-electron chi connectivity index (χ2n) is 5.20. The van der Waals surface area contributed by atoms with Gasteiger partial charge in [0, 0.05) is 11.0 Å². The van der Waals surface area contributed by atoms with Crippen molar-refractivity contribution in [3.05, 3.63) is 0 Å². The van der Waals surface area contributed by atoms with E-state index < -0.39 is 5.54 Å². The van der Waals surface area contributed by atoms with Gasteiger partial charge < -0.3 is 15.2 Å². The molecule has 1 fully saturated rings. The van der Waals surface area contributed by atoms with Gasteiger partial charge in [-0.25, -0.2) is 0 Å². The normalized spacial score (nSPS) is 19.8. The van der Waals surface area contributed by atoms with E-state index in [0.29, 0.717) is 18.3 Å². The van der Waals surface area contributed by atoms with Crippen LogP contribution in [-0.2, 0) is 9.53 Å². The Balaban J connectivity index is 2.75. The van der Waals surface area contributed by atoms with Crippen LogP contribution in [0.1, 0.15) is 40.0 Å². The van der Waals surface area contributed by atoms with Crippen LogP contribution in [0.4, 0.5) is 0 Å². The Kier molecular flexibility index (Phi) is 7.18. The van der Waals surface area contributed by atoms with E-state index in [0.717, 1.165) is 25.8 Å². The molecule has 2 N–H and O–H groups in total. The third kappa shape index (κ3) is 4.65. The maximum absolute atomic E-state index is 12.4. The smallest absolute Gasteiger partial charge is 0.327 e. The van der Waals surface area contributed by atoms with Crippen molar-refractivity contribution in [1.29, 1.82) is 0 Å². The largest absolute Gasteiger partial charge is 0.465 e. The standard InChI is InChI=1S/C14H27NO3S/c1-4-8-15-14(12-6-7-12,13(17)18-5-2)10-19-11(3)9-16/h11-12,15-16H,4-10H2,1-3H3. The predicted molar refractivity (Wildman–Crippen MR) is 79.4 cm³/mol. The van der Waals surface area contributed by atoms with Gasteiger partial charge in [-0.3, -0.25) is 4.79 Å². The molecule has 0 radical (unpaired) electrons. The third-order valence-corrected chi connectivity index (χ3v) is 4.80. The highest BCUT2D eigenvalue weighted by atomic mass is 32.2. The van der Waals surface area contributed by atoms with Crippen molar-refractivity contribution in [3.8, 4) is 0 Å². The van der Waals surface area contributed by atoms with Crippen LogP contribution >= 0.6 is 11.8 Å². The summed E-state index contributed by atoms with van der Waals surface area (Å²) in [6.07, 6.45) is 3.17. The first kappa shape index (κ1) is 16.8. The van der Waals surface area contributed by atoms with Crippen LogP contribution in [0.5, 0.6) is 0 Å². The highest BCUT2D eigenvalue weighted by Gasteiger charge is 2.51. The SMILES string of the molecule is CCCNC(CSC(C)CO)(C(=O)OCC)C1CC1. The molecule has 0 aromatic rings. The summed E-state index contributed by atoms with van der Waals surface area (Å²) in [5, 5.41) is 12.7. The lowest BCUT2D eigenvalue weighted by Crippen LogP contribution is -2.57. The third-order valence-electron chi connectivity index (χ3n) is 3.46. The van der Waals surface area contributed by atoms with E-state index in [9.17, 15) is 4.79 Å². The molecule has 0 aromatic heterocycles. The Hall–Kier alpha value is -0.260. The molecular weight excluding hydrogens is 262 g/mol. The van der Waals surface area contributed by atoms with Crippen molar-refractivity contribution in [2.45, 2.75) is 50.8 Å². The molecule has 1 aliphatic rings. The van der Waals surface area contributed by atoms with E-state index in [1.54, 1.807) is 11.8 Å². The molecule has 5 heteroatoms. The Bertz CT molecular complexity index is 284. The summed E-state index contributed by atoms with van der Waals surface area (Å²) in [6, 6.07) is 0. The van der Waals surface area contributed by atoms with Crippen LogP contribution in [0.3, 0.4) is 0 Å². The molecule has 4 nitrogen and oxygen atoms in total. The fourth-order valence-electron chi connectivity index (χ4n) is 2.12. The molecule has 1 aliphatic carbocycles. The zero-order chi connectivity index (χ0) is 14.3. The average Bonchev–Trinajstić information content (AvgIpc) is 3.24. The Morgan fingerprint density at radius 1 is 1.53 bits per heavy atom. The van der Waals surface area contributed by atoms with Gasteiger partial charge in [-0.1, -0.05) is 13.8 Å². The number of aliphatic hydroxyl groups is 1. The number of carbonyl (C=O) groups is 1. The summed E-state index contributed by atoms with van der Waals surface area (Å²) in [6.45, 7) is 7.30. The van der Waals surface area contributed by atoms with Crippen LogP contribution < -0.4 is 5.32 Å². The van der Waals surface area contributed by atoms with Crippen molar-refractivity contribution in [1.82, 2.24) is 5.32 Å². The number of nitrogens with one attached hydrogen (secondary N) is 1. The molecule has 2 unspecified atom stereocenters. The van der Waals surface area contributed by atoms with Gasteiger partial charge in [0.1, 0.15) is 5.54 Å². The van der Waals surface area contributed by atoms with Crippen molar-refractivity contribution >= 4 is 17.7 Å². The Morgan fingerprint density at radius 3 is 2.68 bits per heavy atom. The van der Waals surface area contributed by atoms with Crippen LogP contribution in [0.25, 0.3) is 0 Å². The van der Waals surface area contributed by atoms with Crippen molar-refractivity contribution in [2.24, 2.45) is 5.92 Å². The summed E-state index contributed by atoms with van der Waals surface area (Å²) < 4.78 is 5.29. The van der Waals surface area contributed by atoms with Gasteiger partial charge in [0.15, 0.2) is 0 Å².